The van der Waals surface area contributed by atoms with Crippen LogP contribution in [0.5, 0.6) is 11.5 Å². The van der Waals surface area contributed by atoms with E-state index in [9.17, 15) is 24.0 Å². The first-order chi connectivity index (χ1) is 22.5. The van der Waals surface area contributed by atoms with Gasteiger partial charge in [-0.1, -0.05) is 52.0 Å². The van der Waals surface area contributed by atoms with Crippen molar-refractivity contribution in [3.8, 4) is 11.5 Å². The molecule has 3 aromatic rings. The molecule has 2 aromatic carbocycles. The Morgan fingerprint density at radius 2 is 1.62 bits per heavy atom. The van der Waals surface area contributed by atoms with E-state index in [1.54, 1.807) is 38.1 Å². The number of hydrogen-bond donors (Lipinski definition) is 4. The van der Waals surface area contributed by atoms with Crippen molar-refractivity contribution in [2.75, 3.05) is 20.3 Å². The average Bonchev–Trinajstić information content (AvgIpc) is 3.66. The Balaban J connectivity index is 1.47. The standard InChI is InChI=1S/C34H43N5O7S/c1-19(2)16-24(37-33(44)29(20(3)4)39-28(40)18-46-26-12-8-7-11-25(26)45-5)32(43)36-23(17-21-14-15-35-31(21)42)30(41)34-38-22-10-6-9-13-27(22)47-34/h6-13,19-21,23-24,29H,14-18H2,1-5H3,(H,35,42)(H,36,43)(H,37,44)(H,39,40)/t21-,23-,24-,29-/m1/s1. The number of para-hydroxylation sites is 3. The van der Waals surface area contributed by atoms with Gasteiger partial charge in [0.05, 0.1) is 23.4 Å². The quantitative estimate of drug-likeness (QED) is 0.169. The topological polar surface area (TPSA) is 165 Å². The van der Waals surface area contributed by atoms with Gasteiger partial charge in [0.1, 0.15) is 12.1 Å². The van der Waals surface area contributed by atoms with E-state index in [2.05, 4.69) is 26.3 Å². The summed E-state index contributed by atoms with van der Waals surface area (Å²) in [5.74, 6) is -2.09. The van der Waals surface area contributed by atoms with Gasteiger partial charge < -0.3 is 30.7 Å². The summed E-state index contributed by atoms with van der Waals surface area (Å²) in [6, 6.07) is 11.3. The number of Topliss-reactive ketones (excluding diaryl/α,β-unsaturated/α-hetero) is 1. The van der Waals surface area contributed by atoms with Crippen molar-refractivity contribution < 1.29 is 33.4 Å². The Bertz CT molecular complexity index is 1560. The molecule has 1 aliphatic heterocycles. The van der Waals surface area contributed by atoms with Crippen LogP contribution in [0.2, 0.25) is 0 Å². The van der Waals surface area contributed by atoms with Gasteiger partial charge in [0.15, 0.2) is 23.1 Å². The number of rotatable bonds is 16. The highest BCUT2D eigenvalue weighted by atomic mass is 32.1. The lowest BCUT2D eigenvalue weighted by Crippen LogP contribution is -2.57. The van der Waals surface area contributed by atoms with Crippen LogP contribution in [-0.4, -0.2) is 72.8 Å². The molecule has 0 saturated carbocycles. The van der Waals surface area contributed by atoms with E-state index in [1.165, 1.54) is 18.4 Å². The van der Waals surface area contributed by atoms with Gasteiger partial charge >= 0.3 is 0 Å². The summed E-state index contributed by atoms with van der Waals surface area (Å²) in [6.07, 6.45) is 0.922. The molecule has 0 bridgehead atoms. The Hall–Kier alpha value is -4.52. The van der Waals surface area contributed by atoms with E-state index in [4.69, 9.17) is 9.47 Å². The number of fused-ring (bicyclic) bond motifs is 1. The lowest BCUT2D eigenvalue weighted by molar-refractivity contribution is -0.134. The smallest absolute Gasteiger partial charge is 0.258 e. The van der Waals surface area contributed by atoms with Crippen molar-refractivity contribution in [2.45, 2.75) is 65.1 Å². The maximum atomic E-state index is 13.8. The lowest BCUT2D eigenvalue weighted by Gasteiger charge is -2.27. The first-order valence-electron chi connectivity index (χ1n) is 15.8. The van der Waals surface area contributed by atoms with E-state index in [-0.39, 0.29) is 42.2 Å². The Morgan fingerprint density at radius 1 is 0.936 bits per heavy atom. The van der Waals surface area contributed by atoms with Crippen molar-refractivity contribution in [1.29, 1.82) is 0 Å². The number of methoxy groups -OCH3 is 1. The van der Waals surface area contributed by atoms with Crippen LogP contribution in [0.25, 0.3) is 10.2 Å². The molecule has 0 unspecified atom stereocenters. The molecule has 0 aliphatic carbocycles. The molecule has 12 nitrogen and oxygen atoms in total. The molecular formula is C34H43N5O7S. The zero-order chi connectivity index (χ0) is 34.1. The number of hydrogen-bond acceptors (Lipinski definition) is 9. The molecule has 13 heteroatoms. The minimum Gasteiger partial charge on any atom is -0.493 e. The van der Waals surface area contributed by atoms with Crippen LogP contribution in [0, 0.1) is 17.8 Å². The van der Waals surface area contributed by atoms with Gasteiger partial charge in [0.25, 0.3) is 5.91 Å². The highest BCUT2D eigenvalue weighted by Crippen LogP contribution is 2.26. The van der Waals surface area contributed by atoms with Gasteiger partial charge in [-0.15, -0.1) is 11.3 Å². The number of carbonyl (C=O) groups is 5. The molecule has 4 amide bonds. The van der Waals surface area contributed by atoms with Crippen LogP contribution in [0.4, 0.5) is 0 Å². The summed E-state index contributed by atoms with van der Waals surface area (Å²) < 4.78 is 11.7. The van der Waals surface area contributed by atoms with E-state index < -0.39 is 47.5 Å². The maximum absolute atomic E-state index is 13.8. The second-order valence-corrected chi connectivity index (χ2v) is 13.4. The van der Waals surface area contributed by atoms with E-state index >= 15 is 0 Å². The SMILES string of the molecule is COc1ccccc1OCC(=O)N[C@@H](C(=O)N[C@H](CC(C)C)C(=O)N[C@H](C[C@H]1CCNC1=O)C(=O)c1nc2ccccc2s1)C(C)C. The van der Waals surface area contributed by atoms with Crippen LogP contribution in [0.1, 0.15) is 56.8 Å². The van der Waals surface area contributed by atoms with E-state index in [1.807, 2.05) is 38.1 Å². The van der Waals surface area contributed by atoms with Gasteiger partial charge in [-0.25, -0.2) is 4.98 Å². The second-order valence-electron chi connectivity index (χ2n) is 12.3. The van der Waals surface area contributed by atoms with Crippen molar-refractivity contribution in [2.24, 2.45) is 17.8 Å². The number of carbonyl (C=O) groups excluding carboxylic acids is 5. The number of ether oxygens (including phenoxy) is 2. The zero-order valence-electron chi connectivity index (χ0n) is 27.3. The molecule has 0 radical (unpaired) electrons. The fourth-order valence-electron chi connectivity index (χ4n) is 5.38. The van der Waals surface area contributed by atoms with Gasteiger partial charge in [0.2, 0.25) is 23.5 Å². The molecule has 1 fully saturated rings. The highest BCUT2D eigenvalue weighted by molar-refractivity contribution is 7.20. The predicted octanol–water partition coefficient (Wildman–Crippen LogP) is 3.25. The first-order valence-corrected chi connectivity index (χ1v) is 16.6. The normalized spacial score (nSPS) is 16.3. The number of ketones is 1. The van der Waals surface area contributed by atoms with Crippen LogP contribution < -0.4 is 30.7 Å². The number of nitrogens with zero attached hydrogens (tertiary/aromatic N) is 1. The minimum atomic E-state index is -1.03. The molecule has 2 heterocycles. The molecule has 1 aliphatic rings. The molecule has 4 atom stereocenters. The van der Waals surface area contributed by atoms with Crippen molar-refractivity contribution in [3.05, 3.63) is 53.5 Å². The average molecular weight is 666 g/mol. The Labute approximate surface area is 278 Å². The Kier molecular flexibility index (Phi) is 12.3. The molecule has 1 aromatic heterocycles. The van der Waals surface area contributed by atoms with Crippen molar-refractivity contribution in [3.63, 3.8) is 0 Å². The summed E-state index contributed by atoms with van der Waals surface area (Å²) in [5, 5.41) is 11.4. The fraction of sp³-hybridized carbons (Fsp3) is 0.471. The van der Waals surface area contributed by atoms with Crippen molar-refractivity contribution in [1.82, 2.24) is 26.3 Å². The maximum Gasteiger partial charge on any atom is 0.258 e. The first kappa shape index (κ1) is 35.3. The lowest BCUT2D eigenvalue weighted by atomic mass is 9.94. The second kappa shape index (κ2) is 16.3. The van der Waals surface area contributed by atoms with Gasteiger partial charge in [-0.05, 0) is 55.4 Å². The number of aromatic nitrogens is 1. The molecule has 0 spiro atoms. The number of benzene rings is 2. The minimum absolute atomic E-state index is 0.00594. The molecule has 4 rings (SSSR count). The monoisotopic (exact) mass is 665 g/mol. The molecule has 252 valence electrons. The third kappa shape index (κ3) is 9.50. The van der Waals surface area contributed by atoms with Gasteiger partial charge in [-0.3, -0.25) is 24.0 Å². The Morgan fingerprint density at radius 3 is 2.26 bits per heavy atom. The van der Waals surface area contributed by atoms with Gasteiger partial charge in [-0.2, -0.15) is 0 Å². The zero-order valence-corrected chi connectivity index (χ0v) is 28.1. The summed E-state index contributed by atoms with van der Waals surface area (Å²) >= 11 is 1.23. The molecular weight excluding hydrogens is 622 g/mol. The summed E-state index contributed by atoms with van der Waals surface area (Å²) in [5.41, 5.74) is 0.671. The van der Waals surface area contributed by atoms with Crippen LogP contribution in [0.3, 0.4) is 0 Å². The molecule has 47 heavy (non-hydrogen) atoms. The number of nitrogens with one attached hydrogen (secondary N) is 4. The third-order valence-electron chi connectivity index (χ3n) is 7.85. The molecule has 1 saturated heterocycles. The predicted molar refractivity (Wildman–Crippen MR) is 178 cm³/mol. The molecule has 4 N–H and O–H groups in total. The van der Waals surface area contributed by atoms with Crippen LogP contribution in [0.15, 0.2) is 48.5 Å². The van der Waals surface area contributed by atoms with Crippen LogP contribution in [-0.2, 0) is 19.2 Å². The highest BCUT2D eigenvalue weighted by Gasteiger charge is 2.36. The largest absolute Gasteiger partial charge is 0.493 e. The fourth-order valence-corrected chi connectivity index (χ4v) is 6.34. The summed E-state index contributed by atoms with van der Waals surface area (Å²) in [4.78, 5) is 70.9. The van der Waals surface area contributed by atoms with E-state index in [0.29, 0.717) is 30.0 Å². The number of thiazole rings is 1. The van der Waals surface area contributed by atoms with E-state index in [0.717, 1.165) is 4.70 Å². The number of amides is 4. The van der Waals surface area contributed by atoms with Gasteiger partial charge in [0, 0.05) is 12.5 Å². The summed E-state index contributed by atoms with van der Waals surface area (Å²) in [7, 11) is 1.50. The summed E-state index contributed by atoms with van der Waals surface area (Å²) in [6.45, 7) is 7.53. The van der Waals surface area contributed by atoms with Crippen molar-refractivity contribution >= 4 is 51.0 Å². The van der Waals surface area contributed by atoms with Crippen LogP contribution >= 0.6 is 11.3 Å². The third-order valence-corrected chi connectivity index (χ3v) is 8.91.